The average molecular weight is 468 g/mol. The van der Waals surface area contributed by atoms with Gasteiger partial charge in [0, 0.05) is 28.6 Å². The zero-order chi connectivity index (χ0) is 22.3. The second-order valence-corrected chi connectivity index (χ2v) is 9.34. The molecule has 8 heteroatoms. The van der Waals surface area contributed by atoms with Crippen molar-refractivity contribution >= 4 is 46.7 Å². The van der Waals surface area contributed by atoms with E-state index in [1.54, 1.807) is 46.2 Å². The molecule has 0 aromatic heterocycles. The maximum absolute atomic E-state index is 13.9. The van der Waals surface area contributed by atoms with E-state index in [1.165, 1.54) is 23.9 Å². The van der Waals surface area contributed by atoms with E-state index >= 15 is 0 Å². The Balaban J connectivity index is 1.50. The molecule has 1 N–H and O–H groups in total. The molecule has 5 nitrogen and oxygen atoms in total. The number of benzene rings is 3. The van der Waals surface area contributed by atoms with Crippen molar-refractivity contribution in [3.63, 3.8) is 0 Å². The highest BCUT2D eigenvalue weighted by molar-refractivity contribution is 8.01. The van der Waals surface area contributed by atoms with Crippen LogP contribution in [-0.2, 0) is 16.2 Å². The van der Waals surface area contributed by atoms with E-state index in [2.05, 4.69) is 5.32 Å². The molecule has 5 rings (SSSR count). The Morgan fingerprint density at radius 3 is 2.66 bits per heavy atom. The predicted octanol–water partition coefficient (Wildman–Crippen LogP) is 5.46. The SMILES string of the molecule is O=C(Nc1cccc(Cl)c1)N1CCSC12C(=O)N(Cc1ccc(F)cc1)c1ccccc12. The van der Waals surface area contributed by atoms with Gasteiger partial charge in [0.15, 0.2) is 4.87 Å². The number of urea groups is 1. The first-order chi connectivity index (χ1) is 15.5. The van der Waals surface area contributed by atoms with Gasteiger partial charge in [-0.15, -0.1) is 11.8 Å². The number of carbonyl (C=O) groups excluding carboxylic acids is 2. The molecular formula is C24H19ClFN3O2S. The van der Waals surface area contributed by atoms with Crippen LogP contribution in [0.25, 0.3) is 0 Å². The Hall–Kier alpha value is -3.03. The van der Waals surface area contributed by atoms with Crippen LogP contribution in [0, 0.1) is 5.82 Å². The van der Waals surface area contributed by atoms with E-state index in [0.29, 0.717) is 29.6 Å². The molecule has 0 radical (unpaired) electrons. The fraction of sp³-hybridized carbons (Fsp3) is 0.167. The number of hydrogen-bond acceptors (Lipinski definition) is 3. The summed E-state index contributed by atoms with van der Waals surface area (Å²) in [6.45, 7) is 0.726. The van der Waals surface area contributed by atoms with Crippen LogP contribution < -0.4 is 10.2 Å². The van der Waals surface area contributed by atoms with Crippen molar-refractivity contribution in [3.8, 4) is 0 Å². The van der Waals surface area contributed by atoms with Crippen molar-refractivity contribution in [1.29, 1.82) is 0 Å². The van der Waals surface area contributed by atoms with Gasteiger partial charge in [0.1, 0.15) is 5.82 Å². The summed E-state index contributed by atoms with van der Waals surface area (Å²) in [5.41, 5.74) is 2.92. The Morgan fingerprint density at radius 1 is 1.09 bits per heavy atom. The summed E-state index contributed by atoms with van der Waals surface area (Å²) in [6.07, 6.45) is 0. The zero-order valence-electron chi connectivity index (χ0n) is 16.9. The number of nitrogens with zero attached hydrogens (tertiary/aromatic N) is 2. The van der Waals surface area contributed by atoms with Gasteiger partial charge in [0.05, 0.1) is 12.2 Å². The first-order valence-corrected chi connectivity index (χ1v) is 11.5. The number of para-hydroxylation sites is 1. The van der Waals surface area contributed by atoms with E-state index in [-0.39, 0.29) is 17.8 Å². The van der Waals surface area contributed by atoms with E-state index in [9.17, 15) is 14.0 Å². The molecule has 0 bridgehead atoms. The molecule has 2 aliphatic heterocycles. The number of thioether (sulfide) groups is 1. The molecule has 3 amide bonds. The van der Waals surface area contributed by atoms with Gasteiger partial charge in [0.25, 0.3) is 5.91 Å². The minimum absolute atomic E-state index is 0.174. The lowest BCUT2D eigenvalue weighted by Crippen LogP contribution is -2.51. The summed E-state index contributed by atoms with van der Waals surface area (Å²) in [7, 11) is 0. The van der Waals surface area contributed by atoms with Crippen LogP contribution in [-0.4, -0.2) is 29.1 Å². The highest BCUT2D eigenvalue weighted by Crippen LogP contribution is 2.54. The lowest BCUT2D eigenvalue weighted by Gasteiger charge is -2.33. The fourth-order valence-corrected chi connectivity index (χ4v) is 5.91. The first-order valence-electron chi connectivity index (χ1n) is 10.1. The molecule has 1 spiro atoms. The van der Waals surface area contributed by atoms with Gasteiger partial charge in [-0.25, -0.2) is 9.18 Å². The Labute approximate surface area is 194 Å². The maximum Gasteiger partial charge on any atom is 0.323 e. The number of carbonyl (C=O) groups is 2. The third-order valence-corrected chi connectivity index (χ3v) is 7.33. The van der Waals surface area contributed by atoms with E-state index in [4.69, 9.17) is 11.6 Å². The number of halogens is 2. The van der Waals surface area contributed by atoms with Gasteiger partial charge < -0.3 is 10.2 Å². The van der Waals surface area contributed by atoms with Crippen LogP contribution >= 0.6 is 23.4 Å². The Bertz CT molecular complexity index is 1210. The topological polar surface area (TPSA) is 52.7 Å². The summed E-state index contributed by atoms with van der Waals surface area (Å²) in [4.78, 5) is 29.3. The summed E-state index contributed by atoms with van der Waals surface area (Å²) in [5.74, 6) is 0.133. The van der Waals surface area contributed by atoms with Gasteiger partial charge in [0.2, 0.25) is 0 Å². The van der Waals surface area contributed by atoms with Crippen molar-refractivity contribution in [2.24, 2.45) is 0 Å². The monoisotopic (exact) mass is 467 g/mol. The van der Waals surface area contributed by atoms with E-state index in [0.717, 1.165) is 16.8 Å². The highest BCUT2D eigenvalue weighted by Gasteiger charge is 2.59. The number of hydrogen-bond donors (Lipinski definition) is 1. The summed E-state index contributed by atoms with van der Waals surface area (Å²) in [5, 5.41) is 3.39. The highest BCUT2D eigenvalue weighted by atomic mass is 35.5. The number of fused-ring (bicyclic) bond motifs is 2. The average Bonchev–Trinajstić information content (AvgIpc) is 3.33. The lowest BCUT2D eigenvalue weighted by atomic mass is 10.1. The summed E-state index contributed by atoms with van der Waals surface area (Å²) >= 11 is 7.51. The molecule has 2 aliphatic rings. The van der Waals surface area contributed by atoms with Crippen molar-refractivity contribution < 1.29 is 14.0 Å². The summed E-state index contributed by atoms with van der Waals surface area (Å²) in [6, 6.07) is 20.2. The molecular weight excluding hydrogens is 449 g/mol. The van der Waals surface area contributed by atoms with Gasteiger partial charge in [-0.2, -0.15) is 0 Å². The quantitative estimate of drug-likeness (QED) is 0.556. The molecule has 1 unspecified atom stereocenters. The molecule has 162 valence electrons. The van der Waals surface area contributed by atoms with E-state index < -0.39 is 4.87 Å². The summed E-state index contributed by atoms with van der Waals surface area (Å²) < 4.78 is 13.4. The molecule has 3 aromatic rings. The molecule has 1 fully saturated rings. The molecule has 1 atom stereocenters. The third kappa shape index (κ3) is 3.42. The number of rotatable bonds is 3. The molecule has 0 saturated carbocycles. The molecule has 2 heterocycles. The molecule has 32 heavy (non-hydrogen) atoms. The number of nitrogens with one attached hydrogen (secondary N) is 1. The van der Waals surface area contributed by atoms with Gasteiger partial charge in [-0.05, 0) is 42.0 Å². The fourth-order valence-electron chi connectivity index (χ4n) is 4.25. The second kappa shape index (κ2) is 8.15. The van der Waals surface area contributed by atoms with Crippen molar-refractivity contribution in [2.75, 3.05) is 22.5 Å². The van der Waals surface area contributed by atoms with Gasteiger partial charge in [-0.1, -0.05) is 48.0 Å². The number of anilines is 2. The van der Waals surface area contributed by atoms with Crippen LogP contribution in [0.3, 0.4) is 0 Å². The molecule has 1 saturated heterocycles. The van der Waals surface area contributed by atoms with Crippen LogP contribution in [0.4, 0.5) is 20.6 Å². The van der Waals surface area contributed by atoms with Crippen LogP contribution in [0.1, 0.15) is 11.1 Å². The smallest absolute Gasteiger partial charge is 0.308 e. The largest absolute Gasteiger partial charge is 0.323 e. The number of amides is 3. The zero-order valence-corrected chi connectivity index (χ0v) is 18.5. The van der Waals surface area contributed by atoms with Crippen LogP contribution in [0.5, 0.6) is 0 Å². The maximum atomic E-state index is 13.9. The van der Waals surface area contributed by atoms with Crippen LogP contribution in [0.2, 0.25) is 5.02 Å². The minimum atomic E-state index is -1.14. The van der Waals surface area contributed by atoms with E-state index in [1.807, 2.05) is 24.3 Å². The third-order valence-electron chi connectivity index (χ3n) is 5.68. The molecule has 0 aliphatic carbocycles. The van der Waals surface area contributed by atoms with Gasteiger partial charge >= 0.3 is 6.03 Å². The Kier molecular flexibility index (Phi) is 5.31. The minimum Gasteiger partial charge on any atom is -0.308 e. The van der Waals surface area contributed by atoms with Crippen LogP contribution in [0.15, 0.2) is 72.8 Å². The second-order valence-electron chi connectivity index (χ2n) is 7.62. The normalized spacial score (nSPS) is 19.5. The predicted molar refractivity (Wildman–Crippen MR) is 125 cm³/mol. The van der Waals surface area contributed by atoms with Gasteiger partial charge in [-0.3, -0.25) is 9.69 Å². The van der Waals surface area contributed by atoms with Crippen molar-refractivity contribution in [3.05, 3.63) is 94.8 Å². The standard InChI is InChI=1S/C24H19ClFN3O2S/c25-17-4-3-5-19(14-17)27-23(31)29-12-13-32-24(29)20-6-1-2-7-21(20)28(22(24)30)15-16-8-10-18(26)11-9-16/h1-11,14H,12-13,15H2,(H,27,31). The molecule has 3 aromatic carbocycles. The first kappa shape index (κ1) is 20.8. The van der Waals surface area contributed by atoms with Crippen molar-refractivity contribution in [1.82, 2.24) is 4.90 Å². The van der Waals surface area contributed by atoms with Crippen molar-refractivity contribution in [2.45, 2.75) is 11.4 Å². The Morgan fingerprint density at radius 2 is 1.88 bits per heavy atom. The lowest BCUT2D eigenvalue weighted by molar-refractivity contribution is -0.123.